The lowest BCUT2D eigenvalue weighted by Gasteiger charge is -2.39. The lowest BCUT2D eigenvalue weighted by atomic mass is 9.91. The predicted molar refractivity (Wildman–Crippen MR) is 153 cm³/mol. The summed E-state index contributed by atoms with van der Waals surface area (Å²) >= 11 is 0. The molecule has 0 aromatic heterocycles. The highest BCUT2D eigenvalue weighted by Gasteiger charge is 2.41. The van der Waals surface area contributed by atoms with Crippen LogP contribution in [0.3, 0.4) is 0 Å². The van der Waals surface area contributed by atoms with Gasteiger partial charge >= 0.3 is 5.97 Å². The number of methoxy groups -OCH3 is 1. The van der Waals surface area contributed by atoms with Gasteiger partial charge in [0.25, 0.3) is 5.91 Å². The van der Waals surface area contributed by atoms with Crippen LogP contribution in [0.5, 0.6) is 11.5 Å². The number of carbonyl (C=O) groups excluding carboxylic acids is 2. The highest BCUT2D eigenvalue weighted by atomic mass is 16.5. The van der Waals surface area contributed by atoms with Crippen molar-refractivity contribution < 1.29 is 33.3 Å². The average Bonchev–Trinajstić information content (AvgIpc) is 3.03. The van der Waals surface area contributed by atoms with Gasteiger partial charge in [-0.05, 0) is 42.5 Å². The van der Waals surface area contributed by atoms with E-state index in [4.69, 9.17) is 23.7 Å². The lowest BCUT2D eigenvalue weighted by molar-refractivity contribution is -0.165. The number of esters is 1. The molecule has 2 aliphatic rings. The molecule has 1 amide bonds. The van der Waals surface area contributed by atoms with E-state index in [9.17, 15) is 9.59 Å². The summed E-state index contributed by atoms with van der Waals surface area (Å²) in [6, 6.07) is 22.3. The summed E-state index contributed by atoms with van der Waals surface area (Å²) in [6.07, 6.45) is 0.689. The van der Waals surface area contributed by atoms with Crippen molar-refractivity contribution in [2.75, 3.05) is 26.9 Å². The van der Waals surface area contributed by atoms with Crippen LogP contribution in [0, 0.1) is 0 Å². The maximum atomic E-state index is 14.3. The summed E-state index contributed by atoms with van der Waals surface area (Å²) in [4.78, 5) is 29.3. The van der Waals surface area contributed by atoms with Crippen LogP contribution >= 0.6 is 0 Å². The van der Waals surface area contributed by atoms with Crippen molar-refractivity contribution in [3.63, 3.8) is 0 Å². The highest BCUT2D eigenvalue weighted by Crippen LogP contribution is 2.40. The molecule has 41 heavy (non-hydrogen) atoms. The molecule has 2 heterocycles. The molecular weight excluding hydrogens is 522 g/mol. The molecule has 1 saturated heterocycles. The monoisotopic (exact) mass is 559 g/mol. The Bertz CT molecular complexity index is 1310. The fourth-order valence-corrected chi connectivity index (χ4v) is 5.41. The first-order valence-corrected chi connectivity index (χ1v) is 14.2. The number of rotatable bonds is 10. The molecule has 8 heteroatoms. The summed E-state index contributed by atoms with van der Waals surface area (Å²) in [6.45, 7) is 3.71. The molecule has 0 bridgehead atoms. The largest absolute Gasteiger partial charge is 0.493 e. The van der Waals surface area contributed by atoms with Crippen molar-refractivity contribution in [1.29, 1.82) is 0 Å². The Balaban J connectivity index is 1.48. The minimum Gasteiger partial charge on any atom is -0.493 e. The SMILES string of the molecule is CCOC(=O)C1Cc2c(ccc(OC)c2OCc2ccccc2)CN1C(=O)C(OC1CCOCC1)c1ccccc1. The van der Waals surface area contributed by atoms with Gasteiger partial charge in [-0.25, -0.2) is 4.79 Å². The molecule has 3 aromatic rings. The second kappa shape index (κ2) is 13.7. The zero-order chi connectivity index (χ0) is 28.6. The van der Waals surface area contributed by atoms with Gasteiger partial charge < -0.3 is 28.6 Å². The van der Waals surface area contributed by atoms with Crippen LogP contribution in [-0.4, -0.2) is 55.9 Å². The number of carbonyl (C=O) groups is 2. The number of fused-ring (bicyclic) bond motifs is 1. The van der Waals surface area contributed by atoms with Crippen molar-refractivity contribution in [1.82, 2.24) is 4.90 Å². The predicted octanol–water partition coefficient (Wildman–Crippen LogP) is 5.03. The summed E-state index contributed by atoms with van der Waals surface area (Å²) in [5.41, 5.74) is 3.49. The van der Waals surface area contributed by atoms with Gasteiger partial charge in [0.2, 0.25) is 0 Å². The van der Waals surface area contributed by atoms with E-state index in [1.54, 1.807) is 18.9 Å². The molecular formula is C33H37NO7. The molecule has 0 saturated carbocycles. The summed E-state index contributed by atoms with van der Waals surface area (Å²) in [7, 11) is 1.59. The Hall–Kier alpha value is -3.88. The normalized spacial score (nSPS) is 17.8. The zero-order valence-electron chi connectivity index (χ0n) is 23.6. The van der Waals surface area contributed by atoms with Gasteiger partial charge in [-0.15, -0.1) is 0 Å². The van der Waals surface area contributed by atoms with Crippen LogP contribution in [0.25, 0.3) is 0 Å². The molecule has 0 spiro atoms. The van der Waals surface area contributed by atoms with E-state index in [2.05, 4.69) is 0 Å². The van der Waals surface area contributed by atoms with Gasteiger partial charge in [-0.3, -0.25) is 4.79 Å². The Kier molecular flexibility index (Phi) is 9.54. The summed E-state index contributed by atoms with van der Waals surface area (Å²) in [5, 5.41) is 0. The van der Waals surface area contributed by atoms with Gasteiger partial charge in [-0.2, -0.15) is 0 Å². The maximum Gasteiger partial charge on any atom is 0.329 e. The molecule has 2 aliphatic heterocycles. The van der Waals surface area contributed by atoms with E-state index >= 15 is 0 Å². The van der Waals surface area contributed by atoms with E-state index in [1.807, 2.05) is 72.8 Å². The average molecular weight is 560 g/mol. The third kappa shape index (κ3) is 6.72. The summed E-state index contributed by atoms with van der Waals surface area (Å²) in [5.74, 6) is 0.426. The van der Waals surface area contributed by atoms with Crippen LogP contribution in [-0.2, 0) is 43.4 Å². The van der Waals surface area contributed by atoms with Gasteiger partial charge in [0.15, 0.2) is 17.6 Å². The minimum absolute atomic E-state index is 0.113. The number of amides is 1. The fraction of sp³-hybridized carbons (Fsp3) is 0.394. The molecule has 216 valence electrons. The van der Waals surface area contributed by atoms with Crippen molar-refractivity contribution in [3.05, 3.63) is 95.1 Å². The molecule has 0 N–H and O–H groups in total. The third-order valence-corrected chi connectivity index (χ3v) is 7.55. The van der Waals surface area contributed by atoms with Crippen molar-refractivity contribution in [2.45, 2.75) is 57.6 Å². The molecule has 0 radical (unpaired) electrons. The second-order valence-electron chi connectivity index (χ2n) is 10.2. The first kappa shape index (κ1) is 28.6. The number of hydrogen-bond acceptors (Lipinski definition) is 7. The molecule has 2 unspecified atom stereocenters. The van der Waals surface area contributed by atoms with Gasteiger partial charge in [0.1, 0.15) is 12.6 Å². The highest BCUT2D eigenvalue weighted by molar-refractivity contribution is 5.89. The Labute approximate surface area is 241 Å². The smallest absolute Gasteiger partial charge is 0.329 e. The number of hydrogen-bond donors (Lipinski definition) is 0. The Morgan fingerprint density at radius 3 is 2.37 bits per heavy atom. The second-order valence-corrected chi connectivity index (χ2v) is 10.2. The maximum absolute atomic E-state index is 14.3. The van der Waals surface area contributed by atoms with E-state index < -0.39 is 18.1 Å². The van der Waals surface area contributed by atoms with E-state index in [1.165, 1.54) is 0 Å². The van der Waals surface area contributed by atoms with Crippen LogP contribution in [0.1, 0.15) is 48.1 Å². The lowest BCUT2D eigenvalue weighted by Crippen LogP contribution is -2.51. The zero-order valence-corrected chi connectivity index (χ0v) is 23.6. The molecule has 8 nitrogen and oxygen atoms in total. The Morgan fingerprint density at radius 1 is 0.976 bits per heavy atom. The molecule has 0 aliphatic carbocycles. The quantitative estimate of drug-likeness (QED) is 0.322. The van der Waals surface area contributed by atoms with Gasteiger partial charge in [0, 0.05) is 31.7 Å². The standard InChI is InChI=1S/C33H37NO7/c1-3-39-33(36)28-20-27-25(14-15-29(37-2)31(27)40-22-23-10-6-4-7-11-23)21-34(28)32(35)30(24-12-8-5-9-13-24)41-26-16-18-38-19-17-26/h4-15,26,28,30H,3,16-22H2,1-2H3. The Morgan fingerprint density at radius 2 is 1.68 bits per heavy atom. The molecule has 5 rings (SSSR count). The molecule has 2 atom stereocenters. The molecule has 1 fully saturated rings. The topological polar surface area (TPSA) is 83.5 Å². The van der Waals surface area contributed by atoms with Crippen molar-refractivity contribution >= 4 is 11.9 Å². The van der Waals surface area contributed by atoms with Crippen molar-refractivity contribution in [3.8, 4) is 11.5 Å². The number of benzene rings is 3. The fourth-order valence-electron chi connectivity index (χ4n) is 5.41. The van der Waals surface area contributed by atoms with E-state index in [-0.39, 0.29) is 31.6 Å². The van der Waals surface area contributed by atoms with Gasteiger partial charge in [0.05, 0.1) is 19.8 Å². The van der Waals surface area contributed by atoms with E-state index in [0.717, 1.165) is 22.3 Å². The van der Waals surface area contributed by atoms with Crippen LogP contribution in [0.15, 0.2) is 72.8 Å². The number of ether oxygens (including phenoxy) is 5. The number of nitrogens with zero attached hydrogens (tertiary/aromatic N) is 1. The first-order valence-electron chi connectivity index (χ1n) is 14.2. The minimum atomic E-state index is -0.857. The van der Waals surface area contributed by atoms with Crippen molar-refractivity contribution in [2.24, 2.45) is 0 Å². The van der Waals surface area contributed by atoms with Crippen LogP contribution in [0.4, 0.5) is 0 Å². The van der Waals surface area contributed by atoms with E-state index in [0.29, 0.717) is 44.2 Å². The first-order chi connectivity index (χ1) is 20.1. The van der Waals surface area contributed by atoms with Crippen LogP contribution in [0.2, 0.25) is 0 Å². The molecule has 3 aromatic carbocycles. The third-order valence-electron chi connectivity index (χ3n) is 7.55. The van der Waals surface area contributed by atoms with Gasteiger partial charge in [-0.1, -0.05) is 66.7 Å². The van der Waals surface area contributed by atoms with Crippen LogP contribution < -0.4 is 9.47 Å². The summed E-state index contributed by atoms with van der Waals surface area (Å²) < 4.78 is 29.4.